The maximum absolute atomic E-state index is 10.8. The van der Waals surface area contributed by atoms with Crippen LogP contribution in [0, 0.1) is 0 Å². The number of aliphatic carboxylic acids is 1. The van der Waals surface area contributed by atoms with Crippen LogP contribution in [0.15, 0.2) is 24.3 Å². The summed E-state index contributed by atoms with van der Waals surface area (Å²) in [6, 6.07) is 6.49. The number of hydrogen-bond donors (Lipinski definition) is 3. The highest BCUT2D eigenvalue weighted by Gasteiger charge is 2.58. The van der Waals surface area contributed by atoms with Gasteiger partial charge in [0.1, 0.15) is 11.3 Å². The number of phenolic OH excluding ortho intramolecular Hbond substituents is 1. The molecule has 1 fully saturated rings. The molecule has 74 valence electrons. The van der Waals surface area contributed by atoms with Gasteiger partial charge in [-0.15, -0.1) is 0 Å². The Labute approximate surface area is 81.0 Å². The Hall–Kier alpha value is -1.55. The fourth-order valence-corrected chi connectivity index (χ4v) is 1.64. The summed E-state index contributed by atoms with van der Waals surface area (Å²) in [5.41, 5.74) is 5.41. The van der Waals surface area contributed by atoms with Gasteiger partial charge in [0.25, 0.3) is 0 Å². The van der Waals surface area contributed by atoms with Crippen LogP contribution in [0.1, 0.15) is 17.9 Å². The summed E-state index contributed by atoms with van der Waals surface area (Å²) in [6.07, 6.45) is 0.465. The minimum atomic E-state index is -1.10. The molecule has 0 heterocycles. The average Bonchev–Trinajstić information content (AvgIpc) is 2.81. The maximum atomic E-state index is 10.8. The molecular weight excluding hydrogens is 182 g/mol. The van der Waals surface area contributed by atoms with Crippen LogP contribution in [0.5, 0.6) is 5.75 Å². The summed E-state index contributed by atoms with van der Waals surface area (Å²) in [6.45, 7) is 0. The molecule has 1 saturated carbocycles. The molecule has 1 aliphatic rings. The molecule has 0 aromatic heterocycles. The van der Waals surface area contributed by atoms with Crippen molar-refractivity contribution in [3.05, 3.63) is 29.8 Å². The molecule has 0 bridgehead atoms. The minimum Gasteiger partial charge on any atom is -0.508 e. The van der Waals surface area contributed by atoms with Crippen LogP contribution in [-0.2, 0) is 4.79 Å². The molecule has 4 N–H and O–H groups in total. The van der Waals surface area contributed by atoms with E-state index >= 15 is 0 Å². The zero-order chi connectivity index (χ0) is 10.3. The molecule has 2 rings (SSSR count). The lowest BCUT2D eigenvalue weighted by molar-refractivity contribution is -0.139. The van der Waals surface area contributed by atoms with Crippen molar-refractivity contribution in [2.24, 2.45) is 5.73 Å². The average molecular weight is 193 g/mol. The second-order valence-electron chi connectivity index (χ2n) is 3.69. The van der Waals surface area contributed by atoms with Crippen molar-refractivity contribution in [3.63, 3.8) is 0 Å². The van der Waals surface area contributed by atoms with Crippen LogP contribution in [-0.4, -0.2) is 21.7 Å². The lowest BCUT2D eigenvalue weighted by Gasteiger charge is -2.05. The topological polar surface area (TPSA) is 83.6 Å². The molecule has 0 radical (unpaired) electrons. The SMILES string of the molecule is NC1(C(=O)O)CC1c1ccc(O)cc1. The predicted octanol–water partition coefficient (Wildman–Crippen LogP) is 0.662. The van der Waals surface area contributed by atoms with Crippen molar-refractivity contribution < 1.29 is 15.0 Å². The van der Waals surface area contributed by atoms with Gasteiger partial charge in [0.15, 0.2) is 0 Å². The summed E-state index contributed by atoms with van der Waals surface area (Å²) >= 11 is 0. The van der Waals surface area contributed by atoms with Crippen LogP contribution in [0.25, 0.3) is 0 Å². The molecule has 4 heteroatoms. The summed E-state index contributed by atoms with van der Waals surface area (Å²) in [5, 5.41) is 17.9. The molecule has 14 heavy (non-hydrogen) atoms. The zero-order valence-corrected chi connectivity index (χ0v) is 7.47. The fourth-order valence-electron chi connectivity index (χ4n) is 1.64. The van der Waals surface area contributed by atoms with Crippen molar-refractivity contribution in [1.29, 1.82) is 0 Å². The Bertz CT molecular complexity index is 373. The van der Waals surface area contributed by atoms with Gasteiger partial charge in [0.2, 0.25) is 0 Å². The Morgan fingerprint density at radius 2 is 2.00 bits per heavy atom. The molecule has 1 aromatic carbocycles. The number of hydrogen-bond acceptors (Lipinski definition) is 3. The number of phenols is 1. The Balaban J connectivity index is 2.21. The van der Waals surface area contributed by atoms with E-state index < -0.39 is 11.5 Å². The summed E-state index contributed by atoms with van der Waals surface area (Å²) in [4.78, 5) is 10.8. The minimum absolute atomic E-state index is 0.124. The highest BCUT2D eigenvalue weighted by Crippen LogP contribution is 2.49. The maximum Gasteiger partial charge on any atom is 0.324 e. The molecule has 1 aromatic rings. The summed E-state index contributed by atoms with van der Waals surface area (Å²) in [5.74, 6) is -0.913. The van der Waals surface area contributed by atoms with Gasteiger partial charge in [-0.25, -0.2) is 0 Å². The van der Waals surface area contributed by atoms with Gasteiger partial charge in [0, 0.05) is 5.92 Å². The number of carboxylic acids is 1. The lowest BCUT2D eigenvalue weighted by Crippen LogP contribution is -2.34. The first-order chi connectivity index (χ1) is 6.54. The van der Waals surface area contributed by atoms with Crippen molar-refractivity contribution in [1.82, 2.24) is 0 Å². The molecule has 0 saturated heterocycles. The smallest absolute Gasteiger partial charge is 0.324 e. The third kappa shape index (κ3) is 1.24. The highest BCUT2D eigenvalue weighted by atomic mass is 16.4. The number of benzene rings is 1. The molecule has 1 aliphatic carbocycles. The quantitative estimate of drug-likeness (QED) is 0.644. The van der Waals surface area contributed by atoms with E-state index in [4.69, 9.17) is 15.9 Å². The summed E-state index contributed by atoms with van der Waals surface area (Å²) in [7, 11) is 0. The van der Waals surface area contributed by atoms with Gasteiger partial charge in [-0.2, -0.15) is 0 Å². The first-order valence-corrected chi connectivity index (χ1v) is 4.35. The van der Waals surface area contributed by atoms with Crippen molar-refractivity contribution >= 4 is 5.97 Å². The van der Waals surface area contributed by atoms with Gasteiger partial charge >= 0.3 is 5.97 Å². The van der Waals surface area contributed by atoms with E-state index in [0.717, 1.165) is 5.56 Å². The Kier molecular flexibility index (Phi) is 1.75. The standard InChI is InChI=1S/C10H11NO3/c11-10(9(13)14)5-8(10)6-1-3-7(12)4-2-6/h1-4,8,12H,5,11H2,(H,13,14). The van der Waals surface area contributed by atoms with E-state index in [0.29, 0.717) is 6.42 Å². The second-order valence-corrected chi connectivity index (χ2v) is 3.69. The third-order valence-corrected chi connectivity index (χ3v) is 2.70. The number of carbonyl (C=O) groups is 1. The van der Waals surface area contributed by atoms with Crippen molar-refractivity contribution in [2.45, 2.75) is 17.9 Å². The lowest BCUT2D eigenvalue weighted by atomic mass is 10.1. The number of nitrogens with two attached hydrogens (primary N) is 1. The van der Waals surface area contributed by atoms with E-state index in [2.05, 4.69) is 0 Å². The van der Waals surface area contributed by atoms with Gasteiger partial charge in [-0.05, 0) is 24.1 Å². The summed E-state index contributed by atoms with van der Waals surface area (Å²) < 4.78 is 0. The molecule has 0 aliphatic heterocycles. The van der Waals surface area contributed by atoms with E-state index in [1.165, 1.54) is 12.1 Å². The first-order valence-electron chi connectivity index (χ1n) is 4.35. The Morgan fingerprint density at radius 1 is 1.43 bits per heavy atom. The Morgan fingerprint density at radius 3 is 2.43 bits per heavy atom. The number of carboxylic acid groups (broad SMARTS) is 1. The number of rotatable bonds is 2. The van der Waals surface area contributed by atoms with E-state index in [-0.39, 0.29) is 11.7 Å². The molecule has 2 atom stereocenters. The van der Waals surface area contributed by atoms with Gasteiger partial charge in [0.05, 0.1) is 0 Å². The van der Waals surface area contributed by atoms with Crippen molar-refractivity contribution in [2.75, 3.05) is 0 Å². The van der Waals surface area contributed by atoms with Crippen molar-refractivity contribution in [3.8, 4) is 5.75 Å². The van der Waals surface area contributed by atoms with E-state index in [1.54, 1.807) is 12.1 Å². The third-order valence-electron chi connectivity index (χ3n) is 2.70. The van der Waals surface area contributed by atoms with Crippen LogP contribution in [0.4, 0.5) is 0 Å². The first kappa shape index (κ1) is 9.02. The van der Waals surface area contributed by atoms with Crippen LogP contribution >= 0.6 is 0 Å². The molecular formula is C10H11NO3. The van der Waals surface area contributed by atoms with Gasteiger partial charge < -0.3 is 15.9 Å². The van der Waals surface area contributed by atoms with Gasteiger partial charge in [-0.1, -0.05) is 12.1 Å². The highest BCUT2D eigenvalue weighted by molar-refractivity contribution is 5.84. The van der Waals surface area contributed by atoms with E-state index in [9.17, 15) is 4.79 Å². The van der Waals surface area contributed by atoms with Crippen LogP contribution in [0.2, 0.25) is 0 Å². The zero-order valence-electron chi connectivity index (χ0n) is 7.47. The van der Waals surface area contributed by atoms with Crippen LogP contribution < -0.4 is 5.73 Å². The normalized spacial score (nSPS) is 29.9. The molecule has 2 unspecified atom stereocenters. The molecule has 0 spiro atoms. The molecule has 0 amide bonds. The number of aromatic hydroxyl groups is 1. The second kappa shape index (κ2) is 2.72. The molecule has 4 nitrogen and oxygen atoms in total. The van der Waals surface area contributed by atoms with Crippen LogP contribution in [0.3, 0.4) is 0 Å². The monoisotopic (exact) mass is 193 g/mol. The van der Waals surface area contributed by atoms with Gasteiger partial charge in [-0.3, -0.25) is 4.79 Å². The largest absolute Gasteiger partial charge is 0.508 e. The fraction of sp³-hybridized carbons (Fsp3) is 0.300. The van der Waals surface area contributed by atoms with E-state index in [1.807, 2.05) is 0 Å². The predicted molar refractivity (Wildman–Crippen MR) is 50.0 cm³/mol.